The van der Waals surface area contributed by atoms with Gasteiger partial charge >= 0.3 is 0 Å². The number of carbonyl (C=O) groups is 1. The van der Waals surface area contributed by atoms with Crippen LogP contribution < -0.4 is 5.32 Å². The van der Waals surface area contributed by atoms with Crippen molar-refractivity contribution in [2.45, 2.75) is 19.4 Å². The molecule has 0 saturated carbocycles. The predicted molar refractivity (Wildman–Crippen MR) is 57.9 cm³/mol. The number of aliphatic hydroxyl groups is 1. The Kier molecular flexibility index (Phi) is 3.66. The number of nitrogens with zero attached hydrogens (tertiary/aromatic N) is 1. The summed E-state index contributed by atoms with van der Waals surface area (Å²) in [6.45, 7) is 3.38. The first-order valence-corrected chi connectivity index (χ1v) is 4.89. The zero-order valence-corrected chi connectivity index (χ0v) is 9.38. The molecule has 0 aromatic carbocycles. The SMILES string of the molecule is CC(C)(O)CNC(=O)c1cccnc1Cl. The molecule has 5 heteroatoms. The molecule has 0 spiro atoms. The monoisotopic (exact) mass is 228 g/mol. The van der Waals surface area contributed by atoms with Gasteiger partial charge in [0.05, 0.1) is 11.2 Å². The van der Waals surface area contributed by atoms with Gasteiger partial charge in [-0.2, -0.15) is 0 Å². The van der Waals surface area contributed by atoms with Crippen LogP contribution in [-0.4, -0.2) is 28.1 Å². The lowest BCUT2D eigenvalue weighted by Crippen LogP contribution is -2.38. The molecule has 1 amide bonds. The molecule has 0 unspecified atom stereocenters. The van der Waals surface area contributed by atoms with E-state index in [0.717, 1.165) is 0 Å². The first kappa shape index (κ1) is 11.9. The Morgan fingerprint density at radius 3 is 2.87 bits per heavy atom. The Hall–Kier alpha value is -1.13. The maximum Gasteiger partial charge on any atom is 0.254 e. The molecule has 2 N–H and O–H groups in total. The van der Waals surface area contributed by atoms with E-state index in [9.17, 15) is 9.90 Å². The van der Waals surface area contributed by atoms with Crippen LogP contribution in [0, 0.1) is 0 Å². The largest absolute Gasteiger partial charge is 0.389 e. The van der Waals surface area contributed by atoms with Crippen LogP contribution in [0.1, 0.15) is 24.2 Å². The highest BCUT2D eigenvalue weighted by atomic mass is 35.5. The van der Waals surface area contributed by atoms with Crippen LogP contribution in [0.25, 0.3) is 0 Å². The molecule has 0 aliphatic rings. The Morgan fingerprint density at radius 2 is 2.33 bits per heavy atom. The Morgan fingerprint density at radius 1 is 1.67 bits per heavy atom. The minimum absolute atomic E-state index is 0.158. The van der Waals surface area contributed by atoms with Crippen LogP contribution in [0.3, 0.4) is 0 Å². The van der Waals surface area contributed by atoms with E-state index in [2.05, 4.69) is 10.3 Å². The van der Waals surface area contributed by atoms with Crippen molar-refractivity contribution in [3.8, 4) is 0 Å². The van der Waals surface area contributed by atoms with Crippen molar-refractivity contribution < 1.29 is 9.90 Å². The van der Waals surface area contributed by atoms with Gasteiger partial charge in [0.1, 0.15) is 5.15 Å². The first-order valence-electron chi connectivity index (χ1n) is 4.51. The average molecular weight is 229 g/mol. The summed E-state index contributed by atoms with van der Waals surface area (Å²) < 4.78 is 0. The standard InChI is InChI=1S/C10H13ClN2O2/c1-10(2,15)6-13-9(14)7-4-3-5-12-8(7)11/h3-5,15H,6H2,1-2H3,(H,13,14). The second kappa shape index (κ2) is 4.59. The molecule has 1 aromatic rings. The second-order valence-corrected chi connectivity index (χ2v) is 4.19. The maximum absolute atomic E-state index is 11.6. The maximum atomic E-state index is 11.6. The summed E-state index contributed by atoms with van der Waals surface area (Å²) in [6.07, 6.45) is 1.51. The molecule has 1 aromatic heterocycles. The van der Waals surface area contributed by atoms with Crippen molar-refractivity contribution in [2.24, 2.45) is 0 Å². The molecule has 0 aliphatic heterocycles. The van der Waals surface area contributed by atoms with Crippen molar-refractivity contribution in [3.63, 3.8) is 0 Å². The summed E-state index contributed by atoms with van der Waals surface area (Å²) in [5, 5.41) is 12.1. The molecule has 0 saturated heterocycles. The van der Waals surface area contributed by atoms with E-state index >= 15 is 0 Å². The predicted octanol–water partition coefficient (Wildman–Crippen LogP) is 1.24. The molecule has 0 atom stereocenters. The number of hydrogen-bond acceptors (Lipinski definition) is 3. The summed E-state index contributed by atoms with van der Waals surface area (Å²) in [4.78, 5) is 15.4. The van der Waals surface area contributed by atoms with Gasteiger partial charge in [0.2, 0.25) is 0 Å². The lowest BCUT2D eigenvalue weighted by atomic mass is 10.1. The van der Waals surface area contributed by atoms with E-state index in [4.69, 9.17) is 11.6 Å². The second-order valence-electron chi connectivity index (χ2n) is 3.84. The Labute approximate surface area is 93.3 Å². The molecular formula is C10H13ClN2O2. The number of amides is 1. The lowest BCUT2D eigenvalue weighted by Gasteiger charge is -2.17. The number of carbonyl (C=O) groups excluding carboxylic acids is 1. The summed E-state index contributed by atoms with van der Waals surface area (Å²) in [7, 11) is 0. The topological polar surface area (TPSA) is 62.2 Å². The molecule has 0 radical (unpaired) electrons. The van der Waals surface area contributed by atoms with Crippen LogP contribution in [0.2, 0.25) is 5.15 Å². The molecule has 1 rings (SSSR count). The van der Waals surface area contributed by atoms with Gasteiger partial charge < -0.3 is 10.4 Å². The van der Waals surface area contributed by atoms with Crippen molar-refractivity contribution in [1.82, 2.24) is 10.3 Å². The Bertz CT molecular complexity index is 361. The van der Waals surface area contributed by atoms with E-state index in [0.29, 0.717) is 5.56 Å². The van der Waals surface area contributed by atoms with Crippen molar-refractivity contribution in [2.75, 3.05) is 6.54 Å². The normalized spacial score (nSPS) is 11.2. The summed E-state index contributed by atoms with van der Waals surface area (Å²) in [5.41, 5.74) is -0.631. The third-order valence-electron chi connectivity index (χ3n) is 1.69. The number of pyridine rings is 1. The van der Waals surface area contributed by atoms with Crippen LogP contribution in [0.5, 0.6) is 0 Å². The molecule has 82 valence electrons. The summed E-state index contributed by atoms with van der Waals surface area (Å²) >= 11 is 5.73. The van der Waals surface area contributed by atoms with Crippen LogP contribution >= 0.6 is 11.6 Å². The first-order chi connectivity index (χ1) is 6.90. The average Bonchev–Trinajstić information content (AvgIpc) is 2.14. The zero-order valence-electron chi connectivity index (χ0n) is 8.62. The smallest absolute Gasteiger partial charge is 0.254 e. The van der Waals surface area contributed by atoms with Gasteiger partial charge in [0, 0.05) is 12.7 Å². The van der Waals surface area contributed by atoms with E-state index < -0.39 is 5.60 Å². The molecule has 1 heterocycles. The zero-order chi connectivity index (χ0) is 11.5. The fourth-order valence-electron chi connectivity index (χ4n) is 0.947. The van der Waals surface area contributed by atoms with Gasteiger partial charge in [-0.1, -0.05) is 11.6 Å². The third-order valence-corrected chi connectivity index (χ3v) is 1.99. The highest BCUT2D eigenvalue weighted by Crippen LogP contribution is 2.11. The number of halogens is 1. The highest BCUT2D eigenvalue weighted by Gasteiger charge is 2.16. The Balaban J connectivity index is 2.66. The van der Waals surface area contributed by atoms with Crippen molar-refractivity contribution >= 4 is 17.5 Å². The molecule has 0 aliphatic carbocycles. The molecule has 15 heavy (non-hydrogen) atoms. The fourth-order valence-corrected chi connectivity index (χ4v) is 1.15. The third kappa shape index (κ3) is 3.85. The number of hydrogen-bond donors (Lipinski definition) is 2. The molecular weight excluding hydrogens is 216 g/mol. The van der Waals surface area contributed by atoms with Gasteiger partial charge in [-0.05, 0) is 26.0 Å². The van der Waals surface area contributed by atoms with E-state index in [1.54, 1.807) is 26.0 Å². The molecule has 0 fully saturated rings. The lowest BCUT2D eigenvalue weighted by molar-refractivity contribution is 0.0694. The highest BCUT2D eigenvalue weighted by molar-refractivity contribution is 6.32. The van der Waals surface area contributed by atoms with E-state index in [1.807, 2.05) is 0 Å². The van der Waals surface area contributed by atoms with Crippen LogP contribution in [0.15, 0.2) is 18.3 Å². The van der Waals surface area contributed by atoms with Gasteiger partial charge in [-0.25, -0.2) is 4.98 Å². The number of nitrogens with one attached hydrogen (secondary N) is 1. The summed E-state index contributed by atoms with van der Waals surface area (Å²) in [5.74, 6) is -0.338. The number of rotatable bonds is 3. The quantitative estimate of drug-likeness (QED) is 0.766. The number of aromatic nitrogens is 1. The van der Waals surface area contributed by atoms with Gasteiger partial charge in [0.15, 0.2) is 0 Å². The van der Waals surface area contributed by atoms with E-state index in [-0.39, 0.29) is 17.6 Å². The fraction of sp³-hybridized carbons (Fsp3) is 0.400. The summed E-state index contributed by atoms with van der Waals surface area (Å²) in [6, 6.07) is 3.21. The van der Waals surface area contributed by atoms with Gasteiger partial charge in [-0.15, -0.1) is 0 Å². The molecule has 4 nitrogen and oxygen atoms in total. The van der Waals surface area contributed by atoms with Gasteiger partial charge in [-0.3, -0.25) is 4.79 Å². The van der Waals surface area contributed by atoms with Gasteiger partial charge in [0.25, 0.3) is 5.91 Å². The van der Waals surface area contributed by atoms with Crippen molar-refractivity contribution in [3.05, 3.63) is 29.0 Å². The van der Waals surface area contributed by atoms with Crippen molar-refractivity contribution in [1.29, 1.82) is 0 Å². The minimum atomic E-state index is -0.940. The van der Waals surface area contributed by atoms with Crippen LogP contribution in [-0.2, 0) is 0 Å². The van der Waals surface area contributed by atoms with Crippen LogP contribution in [0.4, 0.5) is 0 Å². The molecule has 0 bridgehead atoms. The minimum Gasteiger partial charge on any atom is -0.389 e. The van der Waals surface area contributed by atoms with E-state index in [1.165, 1.54) is 6.20 Å².